The summed E-state index contributed by atoms with van der Waals surface area (Å²) in [7, 11) is -3.19. The number of fused-ring (bicyclic) bond motifs is 6. The fraction of sp³-hybridized carbons (Fsp3) is 0. The highest BCUT2D eigenvalue weighted by molar-refractivity contribution is 7.85. The Morgan fingerprint density at radius 1 is 0.500 bits per heavy atom. The SMILES string of the molecule is N#Cc1ccc2c(c1)sc1cc(P(=O)(c3ccccc3)c3ccc4c(c3)sc3cc(C#N)ccc34)ccc12. The van der Waals surface area contributed by atoms with Crippen molar-refractivity contribution in [3.63, 3.8) is 0 Å². The molecular formula is C32H17N2OPS2. The van der Waals surface area contributed by atoms with Gasteiger partial charge in [-0.1, -0.05) is 66.7 Å². The van der Waals surface area contributed by atoms with Gasteiger partial charge in [-0.25, -0.2) is 0 Å². The van der Waals surface area contributed by atoms with Gasteiger partial charge in [0.05, 0.1) is 23.3 Å². The van der Waals surface area contributed by atoms with Crippen molar-refractivity contribution in [2.24, 2.45) is 0 Å². The van der Waals surface area contributed by atoms with Crippen LogP contribution in [0.2, 0.25) is 0 Å². The molecule has 0 radical (unpaired) electrons. The number of thiophene rings is 2. The fourth-order valence-electron chi connectivity index (χ4n) is 5.15. The molecule has 0 atom stereocenters. The molecule has 2 heterocycles. The maximum atomic E-state index is 15.3. The highest BCUT2D eigenvalue weighted by atomic mass is 32.1. The van der Waals surface area contributed by atoms with Gasteiger partial charge in [-0.3, -0.25) is 0 Å². The molecule has 0 bridgehead atoms. The number of nitriles is 2. The molecule has 178 valence electrons. The van der Waals surface area contributed by atoms with Crippen molar-refractivity contribution < 1.29 is 4.57 Å². The molecular weight excluding hydrogens is 523 g/mol. The quantitative estimate of drug-likeness (QED) is 0.215. The van der Waals surface area contributed by atoms with Crippen LogP contribution in [-0.4, -0.2) is 0 Å². The number of nitrogens with zero attached hydrogens (tertiary/aromatic N) is 2. The normalized spacial score (nSPS) is 11.7. The molecule has 0 fully saturated rings. The Bertz CT molecular complexity index is 2060. The molecule has 0 aliphatic heterocycles. The minimum Gasteiger partial charge on any atom is -0.309 e. The molecule has 0 unspecified atom stereocenters. The van der Waals surface area contributed by atoms with Gasteiger partial charge in [0.1, 0.15) is 0 Å². The standard InChI is InChI=1S/C32H17N2OPS2/c33-18-20-6-10-25-27-12-8-23(16-31(27)37-29(25)14-20)36(35,22-4-2-1-3-5-22)24-9-13-28-26-11-7-21(19-34)15-30(26)38-32(28)17-24/h1-17H. The molecule has 38 heavy (non-hydrogen) atoms. The van der Waals surface area contributed by atoms with Crippen molar-refractivity contribution in [3.8, 4) is 12.1 Å². The molecule has 2 aromatic heterocycles. The fourth-order valence-corrected chi connectivity index (χ4v) is 10.4. The monoisotopic (exact) mass is 540 g/mol. The van der Waals surface area contributed by atoms with Gasteiger partial charge in [0.2, 0.25) is 0 Å². The lowest BCUT2D eigenvalue weighted by atomic mass is 10.1. The zero-order chi connectivity index (χ0) is 25.9. The van der Waals surface area contributed by atoms with Crippen molar-refractivity contribution >= 4 is 86.1 Å². The maximum absolute atomic E-state index is 15.3. The second kappa shape index (κ2) is 8.66. The summed E-state index contributed by atoms with van der Waals surface area (Å²) >= 11 is 3.25. The van der Waals surface area contributed by atoms with E-state index in [1.165, 1.54) is 0 Å². The molecule has 0 aliphatic rings. The van der Waals surface area contributed by atoms with Gasteiger partial charge >= 0.3 is 0 Å². The summed E-state index contributed by atoms with van der Waals surface area (Å²) in [6.07, 6.45) is 0. The summed E-state index contributed by atoms with van der Waals surface area (Å²) in [6, 6.07) is 37.9. The molecule has 0 N–H and O–H groups in total. The zero-order valence-electron chi connectivity index (χ0n) is 19.9. The third-order valence-electron chi connectivity index (χ3n) is 7.02. The minimum atomic E-state index is -3.19. The Kier molecular flexibility index (Phi) is 5.22. The van der Waals surface area contributed by atoms with Gasteiger partial charge in [-0.15, -0.1) is 22.7 Å². The highest BCUT2D eigenvalue weighted by Gasteiger charge is 2.31. The van der Waals surface area contributed by atoms with Crippen molar-refractivity contribution in [2.45, 2.75) is 0 Å². The predicted molar refractivity (Wildman–Crippen MR) is 161 cm³/mol. The first kappa shape index (κ1) is 22.9. The van der Waals surface area contributed by atoms with E-state index in [1.807, 2.05) is 78.9 Å². The van der Waals surface area contributed by atoms with Gasteiger partial charge in [0.25, 0.3) is 0 Å². The van der Waals surface area contributed by atoms with Gasteiger partial charge in [0.15, 0.2) is 7.14 Å². The van der Waals surface area contributed by atoms with Crippen molar-refractivity contribution in [3.05, 3.63) is 114 Å². The Labute approximate surface area is 226 Å². The summed E-state index contributed by atoms with van der Waals surface area (Å²) in [4.78, 5) is 0. The molecule has 0 spiro atoms. The lowest BCUT2D eigenvalue weighted by Crippen LogP contribution is -2.24. The van der Waals surface area contributed by atoms with E-state index in [2.05, 4.69) is 36.4 Å². The van der Waals surface area contributed by atoms with Crippen LogP contribution in [-0.2, 0) is 4.57 Å². The van der Waals surface area contributed by atoms with Crippen LogP contribution in [0.15, 0.2) is 103 Å². The molecule has 6 heteroatoms. The molecule has 7 aromatic rings. The Hall–Kier alpha value is -4.25. The van der Waals surface area contributed by atoms with E-state index in [0.29, 0.717) is 11.1 Å². The highest BCUT2D eigenvalue weighted by Crippen LogP contribution is 2.46. The third kappa shape index (κ3) is 3.42. The van der Waals surface area contributed by atoms with E-state index in [9.17, 15) is 10.5 Å². The number of benzene rings is 5. The first-order valence-corrected chi connectivity index (χ1v) is 15.3. The van der Waals surface area contributed by atoms with Crippen LogP contribution in [0.3, 0.4) is 0 Å². The second-order valence-corrected chi connectivity index (χ2v) is 14.1. The molecule has 5 aromatic carbocycles. The predicted octanol–water partition coefficient (Wildman–Crippen LogP) is 7.81. The first-order valence-electron chi connectivity index (χ1n) is 12.0. The number of hydrogen-bond donors (Lipinski definition) is 0. The minimum absolute atomic E-state index is 0.637. The van der Waals surface area contributed by atoms with Crippen LogP contribution >= 0.6 is 29.8 Å². The Morgan fingerprint density at radius 3 is 1.37 bits per heavy atom. The van der Waals surface area contributed by atoms with E-state index in [-0.39, 0.29) is 0 Å². The topological polar surface area (TPSA) is 64.7 Å². The first-order chi connectivity index (χ1) is 18.6. The lowest BCUT2D eigenvalue weighted by Gasteiger charge is -2.20. The average molecular weight is 541 g/mol. The van der Waals surface area contributed by atoms with Gasteiger partial charge in [-0.2, -0.15) is 10.5 Å². The maximum Gasteiger partial charge on any atom is 0.171 e. The van der Waals surface area contributed by atoms with Crippen LogP contribution in [0.5, 0.6) is 0 Å². The van der Waals surface area contributed by atoms with Crippen molar-refractivity contribution in [1.29, 1.82) is 10.5 Å². The Morgan fingerprint density at radius 2 is 0.921 bits per heavy atom. The van der Waals surface area contributed by atoms with Crippen LogP contribution in [0.25, 0.3) is 40.3 Å². The number of hydrogen-bond acceptors (Lipinski definition) is 5. The summed E-state index contributed by atoms with van der Waals surface area (Å²) in [5.41, 5.74) is 1.27. The summed E-state index contributed by atoms with van der Waals surface area (Å²) in [5, 5.41) is 25.4. The van der Waals surface area contributed by atoms with Gasteiger partial charge < -0.3 is 4.57 Å². The van der Waals surface area contributed by atoms with E-state index in [1.54, 1.807) is 22.7 Å². The molecule has 3 nitrogen and oxygen atoms in total. The van der Waals surface area contributed by atoms with Gasteiger partial charge in [-0.05, 0) is 36.4 Å². The van der Waals surface area contributed by atoms with E-state index >= 15 is 4.57 Å². The zero-order valence-corrected chi connectivity index (χ0v) is 22.4. The number of rotatable bonds is 3. The van der Waals surface area contributed by atoms with E-state index in [0.717, 1.165) is 56.3 Å². The van der Waals surface area contributed by atoms with Crippen molar-refractivity contribution in [2.75, 3.05) is 0 Å². The summed E-state index contributed by atoms with van der Waals surface area (Å²) < 4.78 is 19.5. The molecule has 0 amide bonds. The smallest absolute Gasteiger partial charge is 0.171 e. The molecule has 7 rings (SSSR count). The van der Waals surface area contributed by atoms with E-state index in [4.69, 9.17) is 0 Å². The third-order valence-corrected chi connectivity index (χ3v) is 12.3. The van der Waals surface area contributed by atoms with Crippen LogP contribution in [0.1, 0.15) is 11.1 Å². The molecule has 0 saturated carbocycles. The van der Waals surface area contributed by atoms with Crippen LogP contribution in [0, 0.1) is 22.7 Å². The van der Waals surface area contributed by atoms with Gasteiger partial charge in [0, 0.05) is 56.3 Å². The molecule has 0 aliphatic carbocycles. The molecule has 0 saturated heterocycles. The summed E-state index contributed by atoms with van der Waals surface area (Å²) in [5.74, 6) is 0. The Balaban J connectivity index is 1.47. The summed E-state index contributed by atoms with van der Waals surface area (Å²) in [6.45, 7) is 0. The van der Waals surface area contributed by atoms with Crippen LogP contribution < -0.4 is 15.9 Å². The lowest BCUT2D eigenvalue weighted by molar-refractivity contribution is 0.592. The second-order valence-electron chi connectivity index (χ2n) is 9.16. The van der Waals surface area contributed by atoms with Crippen molar-refractivity contribution in [1.82, 2.24) is 0 Å². The van der Waals surface area contributed by atoms with E-state index < -0.39 is 7.14 Å². The average Bonchev–Trinajstić information content (AvgIpc) is 3.53. The van der Waals surface area contributed by atoms with Crippen LogP contribution in [0.4, 0.5) is 0 Å². The largest absolute Gasteiger partial charge is 0.309 e.